The molecule has 2 aliphatic rings. The second-order valence-corrected chi connectivity index (χ2v) is 5.08. The Morgan fingerprint density at radius 2 is 1.82 bits per heavy atom. The number of fused-ring (bicyclic) bond motifs is 2. The molecule has 2 unspecified atom stereocenters. The van der Waals surface area contributed by atoms with Crippen molar-refractivity contribution in [2.24, 2.45) is 11.8 Å². The third kappa shape index (κ3) is 3.51. The number of likely N-dealkylation sites (tertiary alicyclic amines) is 1. The fourth-order valence-electron chi connectivity index (χ4n) is 2.89. The number of alkyl halides is 3. The van der Waals surface area contributed by atoms with Crippen LogP contribution in [-0.4, -0.2) is 36.7 Å². The average molecular weight is 250 g/mol. The lowest BCUT2D eigenvalue weighted by molar-refractivity contribution is -0.123. The van der Waals surface area contributed by atoms with Crippen molar-refractivity contribution in [2.75, 3.05) is 19.6 Å². The maximum Gasteiger partial charge on any atom is 0.405 e. The number of rotatable bonds is 1. The van der Waals surface area contributed by atoms with Gasteiger partial charge in [-0.3, -0.25) is 0 Å². The zero-order chi connectivity index (χ0) is 12.5. The number of urea groups is 1. The van der Waals surface area contributed by atoms with E-state index in [0.717, 1.165) is 19.3 Å². The number of hydrogen-bond donors (Lipinski definition) is 1. The number of halogens is 3. The maximum atomic E-state index is 12.0. The molecule has 0 aromatic carbocycles. The predicted octanol–water partition coefficient (Wildman–Crippen LogP) is 2.38. The van der Waals surface area contributed by atoms with Crippen molar-refractivity contribution < 1.29 is 18.0 Å². The van der Waals surface area contributed by atoms with Gasteiger partial charge in [0, 0.05) is 13.1 Å². The number of nitrogens with zero attached hydrogens (tertiary/aromatic N) is 1. The van der Waals surface area contributed by atoms with E-state index in [1.54, 1.807) is 4.90 Å². The molecule has 3 nitrogen and oxygen atoms in total. The minimum atomic E-state index is -4.33. The Bertz CT molecular complexity index is 281. The normalized spacial score (nSPS) is 29.0. The summed E-state index contributed by atoms with van der Waals surface area (Å²) in [5.74, 6) is 0.971. The molecule has 2 amide bonds. The van der Waals surface area contributed by atoms with Gasteiger partial charge in [-0.15, -0.1) is 0 Å². The fraction of sp³-hybridized carbons (Fsp3) is 0.909. The second kappa shape index (κ2) is 4.74. The Morgan fingerprint density at radius 3 is 2.35 bits per heavy atom. The van der Waals surface area contributed by atoms with E-state index in [2.05, 4.69) is 0 Å². The van der Waals surface area contributed by atoms with Crippen LogP contribution in [0.15, 0.2) is 0 Å². The molecule has 98 valence electrons. The summed E-state index contributed by atoms with van der Waals surface area (Å²) in [7, 11) is 0. The smallest absolute Gasteiger partial charge is 0.329 e. The molecule has 2 atom stereocenters. The summed E-state index contributed by atoms with van der Waals surface area (Å²) in [6, 6.07) is -0.570. The molecule has 1 N–H and O–H groups in total. The van der Waals surface area contributed by atoms with E-state index in [4.69, 9.17) is 0 Å². The molecule has 0 spiro atoms. The Hall–Kier alpha value is -0.940. The third-order valence-corrected chi connectivity index (χ3v) is 3.58. The topological polar surface area (TPSA) is 32.3 Å². The minimum Gasteiger partial charge on any atom is -0.329 e. The zero-order valence-corrected chi connectivity index (χ0v) is 9.59. The van der Waals surface area contributed by atoms with Gasteiger partial charge in [-0.2, -0.15) is 13.2 Å². The summed E-state index contributed by atoms with van der Waals surface area (Å²) < 4.78 is 35.9. The van der Waals surface area contributed by atoms with Gasteiger partial charge in [0.1, 0.15) is 6.54 Å². The van der Waals surface area contributed by atoms with E-state index in [1.807, 2.05) is 5.32 Å². The predicted molar refractivity (Wildman–Crippen MR) is 56.5 cm³/mol. The summed E-state index contributed by atoms with van der Waals surface area (Å²) in [5, 5.41) is 1.94. The maximum absolute atomic E-state index is 12.0. The highest BCUT2D eigenvalue weighted by atomic mass is 19.4. The molecule has 2 bridgehead atoms. The second-order valence-electron chi connectivity index (χ2n) is 5.08. The van der Waals surface area contributed by atoms with Crippen LogP contribution in [0.1, 0.15) is 25.7 Å². The third-order valence-electron chi connectivity index (χ3n) is 3.58. The molecule has 1 aliphatic carbocycles. The molecule has 1 saturated heterocycles. The molecule has 0 aromatic heterocycles. The summed E-state index contributed by atoms with van der Waals surface area (Å²) in [4.78, 5) is 13.1. The number of hydrogen-bond acceptors (Lipinski definition) is 1. The van der Waals surface area contributed by atoms with Crippen LogP contribution in [0, 0.1) is 11.8 Å². The number of nitrogens with one attached hydrogen (secondary N) is 1. The van der Waals surface area contributed by atoms with Crippen LogP contribution in [0.25, 0.3) is 0 Å². The van der Waals surface area contributed by atoms with Crippen LogP contribution >= 0.6 is 0 Å². The van der Waals surface area contributed by atoms with Crippen LogP contribution in [0.3, 0.4) is 0 Å². The van der Waals surface area contributed by atoms with Crippen LogP contribution in [0.4, 0.5) is 18.0 Å². The standard InChI is InChI=1S/C11H17F3N2O/c12-11(13,14)7-15-10(17)16-5-8-2-1-3-9(4-8)6-16/h8-9H,1-7H2,(H,15,17). The molecule has 2 rings (SSSR count). The molecule has 1 aliphatic heterocycles. The van der Waals surface area contributed by atoms with Gasteiger partial charge in [0.2, 0.25) is 0 Å². The van der Waals surface area contributed by atoms with Crippen molar-refractivity contribution in [3.05, 3.63) is 0 Å². The highest BCUT2D eigenvalue weighted by Gasteiger charge is 2.34. The molecule has 1 saturated carbocycles. The minimum absolute atomic E-state index is 0.485. The van der Waals surface area contributed by atoms with Crippen LogP contribution in [-0.2, 0) is 0 Å². The number of carbonyl (C=O) groups is 1. The molecule has 2 fully saturated rings. The van der Waals surface area contributed by atoms with Crippen molar-refractivity contribution in [3.8, 4) is 0 Å². The molecular formula is C11H17F3N2O. The summed E-state index contributed by atoms with van der Waals surface area (Å²) in [5.41, 5.74) is 0. The first kappa shape index (κ1) is 12.5. The average Bonchev–Trinajstić information content (AvgIpc) is 2.24. The highest BCUT2D eigenvalue weighted by molar-refractivity contribution is 5.74. The van der Waals surface area contributed by atoms with Crippen molar-refractivity contribution >= 4 is 6.03 Å². The van der Waals surface area contributed by atoms with E-state index in [0.29, 0.717) is 24.9 Å². The van der Waals surface area contributed by atoms with Crippen LogP contribution in [0.5, 0.6) is 0 Å². The molecule has 6 heteroatoms. The Labute approximate surface area is 98.3 Å². The van der Waals surface area contributed by atoms with Crippen LogP contribution < -0.4 is 5.32 Å². The van der Waals surface area contributed by atoms with Gasteiger partial charge in [0.15, 0.2) is 0 Å². The van der Waals surface area contributed by atoms with Crippen molar-refractivity contribution in [1.29, 1.82) is 0 Å². The largest absolute Gasteiger partial charge is 0.405 e. The lowest BCUT2D eigenvalue weighted by atomic mass is 9.78. The molecule has 17 heavy (non-hydrogen) atoms. The van der Waals surface area contributed by atoms with Gasteiger partial charge >= 0.3 is 12.2 Å². The van der Waals surface area contributed by atoms with Crippen molar-refractivity contribution in [2.45, 2.75) is 31.9 Å². The first-order valence-electron chi connectivity index (χ1n) is 6.03. The summed E-state index contributed by atoms with van der Waals surface area (Å²) >= 11 is 0. The zero-order valence-electron chi connectivity index (χ0n) is 9.59. The first-order chi connectivity index (χ1) is 7.94. The Kier molecular flexibility index (Phi) is 3.49. The molecule has 0 aromatic rings. The first-order valence-corrected chi connectivity index (χ1v) is 6.03. The number of piperidine rings is 1. The van der Waals surface area contributed by atoms with Gasteiger partial charge in [-0.05, 0) is 31.1 Å². The van der Waals surface area contributed by atoms with Crippen molar-refractivity contribution in [1.82, 2.24) is 10.2 Å². The van der Waals surface area contributed by atoms with E-state index in [9.17, 15) is 18.0 Å². The Morgan fingerprint density at radius 1 is 1.24 bits per heavy atom. The quantitative estimate of drug-likeness (QED) is 0.761. The van der Waals surface area contributed by atoms with Crippen LogP contribution in [0.2, 0.25) is 0 Å². The van der Waals surface area contributed by atoms with Gasteiger partial charge in [0.25, 0.3) is 0 Å². The Balaban J connectivity index is 1.83. The lowest BCUT2D eigenvalue weighted by Gasteiger charge is -2.41. The SMILES string of the molecule is O=C(NCC(F)(F)F)N1CC2CCCC(C2)C1. The van der Waals surface area contributed by atoms with Gasteiger partial charge in [0.05, 0.1) is 0 Å². The van der Waals surface area contributed by atoms with E-state index in [-0.39, 0.29) is 0 Å². The monoisotopic (exact) mass is 250 g/mol. The van der Waals surface area contributed by atoms with Crippen molar-refractivity contribution in [3.63, 3.8) is 0 Å². The van der Waals surface area contributed by atoms with E-state index in [1.165, 1.54) is 6.42 Å². The lowest BCUT2D eigenvalue weighted by Crippen LogP contribution is -2.51. The molecule has 1 heterocycles. The van der Waals surface area contributed by atoms with E-state index >= 15 is 0 Å². The number of amides is 2. The van der Waals surface area contributed by atoms with Gasteiger partial charge in [-0.25, -0.2) is 4.79 Å². The van der Waals surface area contributed by atoms with E-state index < -0.39 is 18.8 Å². The molecular weight excluding hydrogens is 233 g/mol. The summed E-state index contributed by atoms with van der Waals surface area (Å²) in [6.07, 6.45) is 0.177. The number of carbonyl (C=O) groups excluding carboxylic acids is 1. The molecule has 0 radical (unpaired) electrons. The van der Waals surface area contributed by atoms with Gasteiger partial charge < -0.3 is 10.2 Å². The summed E-state index contributed by atoms with van der Waals surface area (Å²) in [6.45, 7) is -0.0158. The van der Waals surface area contributed by atoms with Gasteiger partial charge in [-0.1, -0.05) is 6.42 Å². The highest BCUT2D eigenvalue weighted by Crippen LogP contribution is 2.34. The fourth-order valence-corrected chi connectivity index (χ4v) is 2.89.